The minimum atomic E-state index is -0.221. The molecule has 0 atom stereocenters. The van der Waals surface area contributed by atoms with Gasteiger partial charge < -0.3 is 15.6 Å². The van der Waals surface area contributed by atoms with Crippen molar-refractivity contribution in [2.45, 2.75) is 32.7 Å². The minimum Gasteiger partial charge on any atom is -0.358 e. The highest BCUT2D eigenvalue weighted by atomic mass is 35.5. The number of aromatic amines is 1. The standard InChI is InChI=1S/C21H20ClN3O2/c1-11-12(2)23-19-8-3-13(9-17(11)19)20(26)25-15-6-7-16(18(22)10-15)21(27)24-14-4-5-14/h3,6-10,14,23H,4-5H2,1-2H3,(H,24,27)(H,25,26). The molecule has 0 unspecified atom stereocenters. The van der Waals surface area contributed by atoms with Gasteiger partial charge in [0.25, 0.3) is 11.8 Å². The molecule has 1 saturated carbocycles. The molecule has 3 aromatic rings. The minimum absolute atomic E-state index is 0.177. The summed E-state index contributed by atoms with van der Waals surface area (Å²) in [4.78, 5) is 28.1. The monoisotopic (exact) mass is 381 g/mol. The van der Waals surface area contributed by atoms with Gasteiger partial charge in [-0.15, -0.1) is 0 Å². The number of carbonyl (C=O) groups is 2. The summed E-state index contributed by atoms with van der Waals surface area (Å²) in [6, 6.07) is 10.8. The zero-order chi connectivity index (χ0) is 19.1. The molecular formula is C21H20ClN3O2. The van der Waals surface area contributed by atoms with Crippen LogP contribution in [0.4, 0.5) is 5.69 Å². The maximum Gasteiger partial charge on any atom is 0.255 e. The lowest BCUT2D eigenvalue weighted by molar-refractivity contribution is 0.0950. The summed E-state index contributed by atoms with van der Waals surface area (Å²) in [5, 5.41) is 7.10. The van der Waals surface area contributed by atoms with Gasteiger partial charge in [-0.05, 0) is 68.7 Å². The van der Waals surface area contributed by atoms with Gasteiger partial charge in [0, 0.05) is 33.9 Å². The average molecular weight is 382 g/mol. The first-order chi connectivity index (χ1) is 12.9. The number of anilines is 1. The first kappa shape index (κ1) is 17.6. The predicted molar refractivity (Wildman–Crippen MR) is 108 cm³/mol. The van der Waals surface area contributed by atoms with E-state index >= 15 is 0 Å². The summed E-state index contributed by atoms with van der Waals surface area (Å²) in [5.41, 5.74) is 4.77. The lowest BCUT2D eigenvalue weighted by Gasteiger charge is -2.09. The number of hydrogen-bond acceptors (Lipinski definition) is 2. The smallest absolute Gasteiger partial charge is 0.255 e. The Morgan fingerprint density at radius 2 is 1.85 bits per heavy atom. The van der Waals surface area contributed by atoms with Crippen LogP contribution in [0.25, 0.3) is 10.9 Å². The molecule has 1 aliphatic carbocycles. The highest BCUT2D eigenvalue weighted by Crippen LogP contribution is 2.25. The van der Waals surface area contributed by atoms with E-state index in [1.807, 2.05) is 26.0 Å². The van der Waals surface area contributed by atoms with Crippen molar-refractivity contribution in [3.05, 3.63) is 63.8 Å². The molecule has 5 nitrogen and oxygen atoms in total. The Morgan fingerprint density at radius 1 is 1.07 bits per heavy atom. The Balaban J connectivity index is 1.53. The number of amides is 2. The lowest BCUT2D eigenvalue weighted by atomic mass is 10.1. The molecule has 1 aromatic heterocycles. The van der Waals surface area contributed by atoms with E-state index in [0.29, 0.717) is 21.8 Å². The van der Waals surface area contributed by atoms with Crippen LogP contribution in [-0.4, -0.2) is 22.8 Å². The number of aryl methyl sites for hydroxylation is 2. The van der Waals surface area contributed by atoms with Gasteiger partial charge in [-0.3, -0.25) is 9.59 Å². The average Bonchev–Trinajstić information content (AvgIpc) is 3.40. The predicted octanol–water partition coefficient (Wildman–Crippen LogP) is 4.58. The third-order valence-electron chi connectivity index (χ3n) is 4.95. The Morgan fingerprint density at radius 3 is 2.56 bits per heavy atom. The van der Waals surface area contributed by atoms with Crippen LogP contribution >= 0.6 is 11.6 Å². The van der Waals surface area contributed by atoms with Crippen LogP contribution in [0.1, 0.15) is 44.8 Å². The number of nitrogens with one attached hydrogen (secondary N) is 3. The highest BCUT2D eigenvalue weighted by Gasteiger charge is 2.24. The molecule has 4 rings (SSSR count). The fraction of sp³-hybridized carbons (Fsp3) is 0.238. The third-order valence-corrected chi connectivity index (χ3v) is 5.27. The number of halogens is 1. The topological polar surface area (TPSA) is 74.0 Å². The van der Waals surface area contributed by atoms with Crippen LogP contribution in [-0.2, 0) is 0 Å². The number of aromatic nitrogens is 1. The second-order valence-electron chi connectivity index (χ2n) is 7.03. The van der Waals surface area contributed by atoms with Crippen molar-refractivity contribution in [3.8, 4) is 0 Å². The van der Waals surface area contributed by atoms with Crippen molar-refractivity contribution in [2.75, 3.05) is 5.32 Å². The molecule has 2 aromatic carbocycles. The maximum absolute atomic E-state index is 12.6. The number of fused-ring (bicyclic) bond motifs is 1. The summed E-state index contributed by atoms with van der Waals surface area (Å²) >= 11 is 6.24. The fourth-order valence-electron chi connectivity index (χ4n) is 3.07. The third kappa shape index (κ3) is 3.55. The van der Waals surface area contributed by atoms with E-state index in [0.717, 1.165) is 35.0 Å². The first-order valence-corrected chi connectivity index (χ1v) is 9.31. The quantitative estimate of drug-likeness (QED) is 0.618. The molecule has 1 aliphatic rings. The van der Waals surface area contributed by atoms with Crippen molar-refractivity contribution in [2.24, 2.45) is 0 Å². The van der Waals surface area contributed by atoms with Crippen LogP contribution in [0.3, 0.4) is 0 Å². The number of rotatable bonds is 4. The zero-order valence-corrected chi connectivity index (χ0v) is 15.9. The van der Waals surface area contributed by atoms with Crippen molar-refractivity contribution >= 4 is 40.0 Å². The normalized spacial score (nSPS) is 13.6. The van der Waals surface area contributed by atoms with Gasteiger partial charge in [-0.25, -0.2) is 0 Å². The molecule has 0 saturated heterocycles. The van der Waals surface area contributed by atoms with Crippen LogP contribution in [0.2, 0.25) is 5.02 Å². The van der Waals surface area contributed by atoms with Crippen LogP contribution in [0.15, 0.2) is 36.4 Å². The number of hydrogen-bond donors (Lipinski definition) is 3. The number of benzene rings is 2. The Kier molecular flexibility index (Phi) is 4.40. The van der Waals surface area contributed by atoms with Gasteiger partial charge in [0.15, 0.2) is 0 Å². The van der Waals surface area contributed by atoms with Crippen LogP contribution in [0, 0.1) is 13.8 Å². The van der Waals surface area contributed by atoms with Crippen molar-refractivity contribution in [1.29, 1.82) is 0 Å². The maximum atomic E-state index is 12.6. The first-order valence-electron chi connectivity index (χ1n) is 8.93. The van der Waals surface area contributed by atoms with Gasteiger partial charge in [-0.1, -0.05) is 11.6 Å². The second kappa shape index (κ2) is 6.74. The molecule has 0 bridgehead atoms. The van der Waals surface area contributed by atoms with Crippen molar-refractivity contribution < 1.29 is 9.59 Å². The SMILES string of the molecule is Cc1[nH]c2ccc(C(=O)Nc3ccc(C(=O)NC4CC4)c(Cl)c3)cc2c1C. The second-order valence-corrected chi connectivity index (χ2v) is 7.44. The Labute approximate surface area is 162 Å². The summed E-state index contributed by atoms with van der Waals surface area (Å²) < 4.78 is 0. The van der Waals surface area contributed by atoms with Gasteiger partial charge >= 0.3 is 0 Å². The number of carbonyl (C=O) groups excluding carboxylic acids is 2. The molecule has 27 heavy (non-hydrogen) atoms. The summed E-state index contributed by atoms with van der Waals surface area (Å²) in [7, 11) is 0. The molecule has 3 N–H and O–H groups in total. The largest absolute Gasteiger partial charge is 0.358 e. The van der Waals surface area contributed by atoms with Gasteiger partial charge in [0.2, 0.25) is 0 Å². The van der Waals surface area contributed by atoms with E-state index in [2.05, 4.69) is 15.6 Å². The molecule has 0 aliphatic heterocycles. The summed E-state index contributed by atoms with van der Waals surface area (Å²) in [6.45, 7) is 4.04. The van der Waals surface area contributed by atoms with E-state index in [9.17, 15) is 9.59 Å². The molecule has 1 fully saturated rings. The Bertz CT molecular complexity index is 1070. The molecule has 138 valence electrons. The molecule has 6 heteroatoms. The summed E-state index contributed by atoms with van der Waals surface area (Å²) in [6.07, 6.45) is 2.03. The molecule has 1 heterocycles. The van der Waals surface area contributed by atoms with Gasteiger partial charge in [0.05, 0.1) is 10.6 Å². The molecule has 0 spiro atoms. The van der Waals surface area contributed by atoms with E-state index in [4.69, 9.17) is 11.6 Å². The van der Waals surface area contributed by atoms with Crippen LogP contribution in [0.5, 0.6) is 0 Å². The van der Waals surface area contributed by atoms with Gasteiger partial charge in [0.1, 0.15) is 0 Å². The fourth-order valence-corrected chi connectivity index (χ4v) is 3.34. The zero-order valence-electron chi connectivity index (χ0n) is 15.2. The van der Waals surface area contributed by atoms with Crippen molar-refractivity contribution in [3.63, 3.8) is 0 Å². The molecular weight excluding hydrogens is 362 g/mol. The van der Waals surface area contributed by atoms with Crippen molar-refractivity contribution in [1.82, 2.24) is 10.3 Å². The summed E-state index contributed by atoms with van der Waals surface area (Å²) in [5.74, 6) is -0.398. The Hall–Kier alpha value is -2.79. The number of H-pyrrole nitrogens is 1. The van der Waals surface area contributed by atoms with E-state index in [1.54, 1.807) is 24.3 Å². The lowest BCUT2D eigenvalue weighted by Crippen LogP contribution is -2.25. The van der Waals surface area contributed by atoms with E-state index in [1.165, 1.54) is 0 Å². The van der Waals surface area contributed by atoms with Gasteiger partial charge in [-0.2, -0.15) is 0 Å². The molecule has 2 amide bonds. The van der Waals surface area contributed by atoms with E-state index in [-0.39, 0.29) is 17.9 Å². The molecule has 0 radical (unpaired) electrons. The highest BCUT2D eigenvalue weighted by molar-refractivity contribution is 6.34. The van der Waals surface area contributed by atoms with Crippen LogP contribution < -0.4 is 10.6 Å². The van der Waals surface area contributed by atoms with E-state index < -0.39 is 0 Å².